The van der Waals surface area contributed by atoms with Gasteiger partial charge in [0, 0.05) is 50.8 Å². The van der Waals surface area contributed by atoms with Gasteiger partial charge in [0.1, 0.15) is 0 Å². The van der Waals surface area contributed by atoms with Crippen molar-refractivity contribution >= 4 is 31.6 Å². The molecule has 0 amide bonds. The Morgan fingerprint density at radius 2 is 1.55 bits per heavy atom. The van der Waals surface area contributed by atoms with E-state index < -0.39 is 20.0 Å². The maximum absolute atomic E-state index is 13.2. The second kappa shape index (κ2) is 11.0. The zero-order valence-electron chi connectivity index (χ0n) is 17.0. The van der Waals surface area contributed by atoms with E-state index in [1.165, 1.54) is 32.9 Å². The normalized spacial score (nSPS) is 16.6. The minimum atomic E-state index is -3.83. The van der Waals surface area contributed by atoms with E-state index in [4.69, 9.17) is 11.6 Å². The molecule has 29 heavy (non-hydrogen) atoms. The van der Waals surface area contributed by atoms with Crippen LogP contribution in [0.5, 0.6) is 0 Å². The van der Waals surface area contributed by atoms with Crippen molar-refractivity contribution in [2.24, 2.45) is 0 Å². The molecule has 1 aromatic carbocycles. The van der Waals surface area contributed by atoms with Crippen LogP contribution in [0.4, 0.5) is 0 Å². The van der Waals surface area contributed by atoms with Gasteiger partial charge in [-0.3, -0.25) is 0 Å². The fourth-order valence-corrected chi connectivity index (χ4v) is 6.29. The lowest BCUT2D eigenvalue weighted by Crippen LogP contribution is -2.49. The molecule has 0 radical (unpaired) electrons. The van der Waals surface area contributed by atoms with Gasteiger partial charge in [0.05, 0.1) is 10.6 Å². The molecule has 1 N–H and O–H groups in total. The summed E-state index contributed by atoms with van der Waals surface area (Å²) in [5.41, 5.74) is 0. The molecule has 0 unspecified atom stereocenters. The number of rotatable bonds is 11. The van der Waals surface area contributed by atoms with Crippen LogP contribution in [0.25, 0.3) is 0 Å². The average Bonchev–Trinajstić information content (AvgIpc) is 2.71. The molecule has 0 spiro atoms. The van der Waals surface area contributed by atoms with Crippen LogP contribution in [0.2, 0.25) is 5.02 Å². The van der Waals surface area contributed by atoms with Crippen molar-refractivity contribution in [3.63, 3.8) is 0 Å². The molecule has 0 atom stereocenters. The Hall–Kier alpha value is -0.750. The first-order chi connectivity index (χ1) is 13.7. The molecule has 0 bridgehead atoms. The average molecular weight is 467 g/mol. The van der Waals surface area contributed by atoms with Gasteiger partial charge < -0.3 is 10.2 Å². The molecule has 1 aliphatic heterocycles. The number of sulfonamides is 2. The van der Waals surface area contributed by atoms with Crippen molar-refractivity contribution < 1.29 is 16.8 Å². The molecule has 1 aromatic rings. The van der Waals surface area contributed by atoms with Crippen molar-refractivity contribution in [2.75, 3.05) is 64.7 Å². The number of piperazine rings is 1. The predicted octanol–water partition coefficient (Wildman–Crippen LogP) is 0.908. The SMILES string of the molecule is CCN(CC)CCN(CCS(=O)(=O)N1CCNCC1)S(=O)(=O)c1ccc(Cl)cc1. The number of hydrogen-bond donors (Lipinski definition) is 1. The second-order valence-corrected chi connectivity index (χ2v) is 11.3. The molecular weight excluding hydrogens is 436 g/mol. The Labute approximate surface area is 179 Å². The summed E-state index contributed by atoms with van der Waals surface area (Å²) >= 11 is 5.88. The molecule has 0 aliphatic carbocycles. The van der Waals surface area contributed by atoms with Crippen LogP contribution in [0, 0.1) is 0 Å². The topological polar surface area (TPSA) is 90.0 Å². The Morgan fingerprint density at radius 3 is 2.10 bits per heavy atom. The van der Waals surface area contributed by atoms with E-state index >= 15 is 0 Å². The summed E-state index contributed by atoms with van der Waals surface area (Å²) in [6.45, 7) is 8.32. The van der Waals surface area contributed by atoms with Gasteiger partial charge in [-0.15, -0.1) is 0 Å². The first kappa shape index (κ1) is 24.5. The van der Waals surface area contributed by atoms with Gasteiger partial charge in [-0.05, 0) is 37.4 Å². The highest BCUT2D eigenvalue weighted by Crippen LogP contribution is 2.19. The monoisotopic (exact) mass is 466 g/mol. The van der Waals surface area contributed by atoms with Crippen molar-refractivity contribution in [1.82, 2.24) is 18.8 Å². The van der Waals surface area contributed by atoms with Crippen molar-refractivity contribution in [3.8, 4) is 0 Å². The quantitative estimate of drug-likeness (QED) is 0.521. The van der Waals surface area contributed by atoms with E-state index in [1.807, 2.05) is 13.8 Å². The molecule has 8 nitrogen and oxygen atoms in total. The molecular formula is C18H31ClN4O4S2. The van der Waals surface area contributed by atoms with Crippen LogP contribution in [0.15, 0.2) is 29.2 Å². The summed E-state index contributed by atoms with van der Waals surface area (Å²) in [5, 5.41) is 3.56. The van der Waals surface area contributed by atoms with E-state index in [2.05, 4.69) is 10.2 Å². The fraction of sp³-hybridized carbons (Fsp3) is 0.667. The van der Waals surface area contributed by atoms with E-state index in [-0.39, 0.29) is 23.7 Å². The lowest BCUT2D eigenvalue weighted by atomic mass is 10.4. The van der Waals surface area contributed by atoms with Crippen molar-refractivity contribution in [2.45, 2.75) is 18.7 Å². The van der Waals surface area contributed by atoms with Gasteiger partial charge in [-0.1, -0.05) is 25.4 Å². The number of nitrogens with one attached hydrogen (secondary N) is 1. The number of likely N-dealkylation sites (N-methyl/N-ethyl adjacent to an activating group) is 1. The molecule has 1 heterocycles. The summed E-state index contributed by atoms with van der Waals surface area (Å²) in [5.74, 6) is -0.238. The highest BCUT2D eigenvalue weighted by atomic mass is 35.5. The van der Waals surface area contributed by atoms with Crippen LogP contribution in [0.3, 0.4) is 0 Å². The molecule has 0 aromatic heterocycles. The van der Waals surface area contributed by atoms with Gasteiger partial charge >= 0.3 is 0 Å². The molecule has 1 fully saturated rings. The third-order valence-corrected chi connectivity index (χ3v) is 9.09. The summed E-state index contributed by atoms with van der Waals surface area (Å²) in [6, 6.07) is 5.95. The van der Waals surface area contributed by atoms with Crippen LogP contribution in [-0.2, 0) is 20.0 Å². The third-order valence-electron chi connectivity index (χ3n) is 5.08. The second-order valence-electron chi connectivity index (χ2n) is 6.85. The zero-order chi connectivity index (χ0) is 21.5. The maximum Gasteiger partial charge on any atom is 0.243 e. The van der Waals surface area contributed by atoms with Crippen LogP contribution >= 0.6 is 11.6 Å². The lowest BCUT2D eigenvalue weighted by molar-refractivity contribution is 0.273. The number of nitrogens with zero attached hydrogens (tertiary/aromatic N) is 3. The van der Waals surface area contributed by atoms with Crippen LogP contribution in [0.1, 0.15) is 13.8 Å². The number of benzene rings is 1. The maximum atomic E-state index is 13.2. The highest BCUT2D eigenvalue weighted by Gasteiger charge is 2.29. The molecule has 11 heteroatoms. The lowest BCUT2D eigenvalue weighted by Gasteiger charge is -2.29. The van der Waals surface area contributed by atoms with E-state index in [9.17, 15) is 16.8 Å². The van der Waals surface area contributed by atoms with Crippen molar-refractivity contribution in [1.29, 1.82) is 0 Å². The Kier molecular flexibility index (Phi) is 9.33. The standard InChI is InChI=1S/C18H31ClN4O4S2/c1-3-21(4-2)13-14-23(29(26,27)18-7-5-17(19)6-8-18)15-16-28(24,25)22-11-9-20-10-12-22/h5-8,20H,3-4,9-16H2,1-2H3. The predicted molar refractivity (Wildman–Crippen MR) is 116 cm³/mol. The molecule has 1 aliphatic rings. The summed E-state index contributed by atoms with van der Waals surface area (Å²) < 4.78 is 54.4. The van der Waals surface area contributed by atoms with Gasteiger partial charge in [0.2, 0.25) is 20.0 Å². The Morgan fingerprint density at radius 1 is 0.966 bits per heavy atom. The molecule has 1 saturated heterocycles. The number of hydrogen-bond acceptors (Lipinski definition) is 6. The third kappa shape index (κ3) is 6.88. The summed E-state index contributed by atoms with van der Waals surface area (Å²) in [4.78, 5) is 2.22. The first-order valence-electron chi connectivity index (χ1n) is 9.87. The highest BCUT2D eigenvalue weighted by molar-refractivity contribution is 7.90. The van der Waals surface area contributed by atoms with Crippen molar-refractivity contribution in [3.05, 3.63) is 29.3 Å². The van der Waals surface area contributed by atoms with Gasteiger partial charge in [-0.25, -0.2) is 16.8 Å². The minimum Gasteiger partial charge on any atom is -0.314 e. The Bertz CT molecular complexity index is 837. The zero-order valence-corrected chi connectivity index (χ0v) is 19.4. The number of halogens is 1. The van der Waals surface area contributed by atoms with E-state index in [0.29, 0.717) is 37.7 Å². The van der Waals surface area contributed by atoms with Crippen LogP contribution in [-0.4, -0.2) is 95.0 Å². The van der Waals surface area contributed by atoms with Gasteiger partial charge in [0.25, 0.3) is 0 Å². The molecule has 166 valence electrons. The molecule has 2 rings (SSSR count). The van der Waals surface area contributed by atoms with Gasteiger partial charge in [-0.2, -0.15) is 8.61 Å². The fourth-order valence-electron chi connectivity index (χ4n) is 3.17. The summed E-state index contributed by atoms with van der Waals surface area (Å²) in [6.07, 6.45) is 0. The van der Waals surface area contributed by atoms with E-state index in [1.54, 1.807) is 0 Å². The minimum absolute atomic E-state index is 0.0848. The summed E-state index contributed by atoms with van der Waals surface area (Å²) in [7, 11) is -7.36. The van der Waals surface area contributed by atoms with Gasteiger partial charge in [0.15, 0.2) is 0 Å². The first-order valence-corrected chi connectivity index (χ1v) is 13.3. The van der Waals surface area contributed by atoms with E-state index in [0.717, 1.165) is 13.1 Å². The smallest absolute Gasteiger partial charge is 0.243 e. The largest absolute Gasteiger partial charge is 0.314 e. The van der Waals surface area contributed by atoms with Crippen LogP contribution < -0.4 is 5.32 Å². The Balaban J connectivity index is 2.18. The molecule has 0 saturated carbocycles.